The number of carboxylic acid groups (broad SMARTS) is 4. The number of thioether (sulfide) groups is 2. The Kier molecular flexibility index (Phi) is 21.7. The summed E-state index contributed by atoms with van der Waals surface area (Å²) in [6.45, 7) is 3.97. The molecule has 44 heavy (non-hydrogen) atoms. The van der Waals surface area contributed by atoms with E-state index in [0.29, 0.717) is 17.3 Å². The van der Waals surface area contributed by atoms with Crippen molar-refractivity contribution in [1.82, 2.24) is 21.3 Å². The molecule has 0 fully saturated rings. The van der Waals surface area contributed by atoms with Gasteiger partial charge in [0.2, 0.25) is 23.6 Å². The molecule has 4 atom stereocenters. The maximum atomic E-state index is 12.9. The van der Waals surface area contributed by atoms with Crippen LogP contribution in [0.2, 0.25) is 0 Å². The topological polar surface area (TPSA) is 283 Å². The average Bonchev–Trinajstić information content (AvgIpc) is 2.88. The minimum Gasteiger partial charge on any atom is -0.481 e. The molecule has 0 aliphatic carbocycles. The highest BCUT2D eigenvalue weighted by molar-refractivity contribution is 8.00. The lowest BCUT2D eigenvalue weighted by molar-refractivity contribution is -0.147. The highest BCUT2D eigenvalue weighted by Crippen LogP contribution is 2.07. The van der Waals surface area contributed by atoms with E-state index in [0.717, 1.165) is 6.92 Å². The predicted octanol–water partition coefficient (Wildman–Crippen LogP) is -1.22. The standard InChI is InChI=1S/C20H30N4O12.C5H10OS2/c1-8(2)16(19(34)23-12(20(35)36)7-15(30)31)24-17(32)10(4-5-13(26)27)22-18(33)11(6-14(28)29)21-9(3)25;1-7-3-5(6)4-8-2/h8,10-12,16H,4-7H2,1-3H3,(H,21,25)(H,22,33)(H,23,34)(H,24,32)(H,26,27)(H,28,29)(H,30,31)(H,35,36);3-4H2,1-2H3/t10-,11-,12-,16-;/m0./s1. The summed E-state index contributed by atoms with van der Waals surface area (Å²) >= 11 is 3.17. The van der Waals surface area contributed by atoms with Crippen LogP contribution in [0.5, 0.6) is 0 Å². The Balaban J connectivity index is 0. The molecular weight excluding hydrogens is 628 g/mol. The average molecular weight is 669 g/mol. The van der Waals surface area contributed by atoms with Crippen LogP contribution < -0.4 is 21.3 Å². The molecule has 0 heterocycles. The maximum Gasteiger partial charge on any atom is 0.326 e. The smallest absolute Gasteiger partial charge is 0.326 e. The predicted molar refractivity (Wildman–Crippen MR) is 159 cm³/mol. The van der Waals surface area contributed by atoms with Gasteiger partial charge >= 0.3 is 23.9 Å². The van der Waals surface area contributed by atoms with Gasteiger partial charge in [0.1, 0.15) is 24.2 Å². The van der Waals surface area contributed by atoms with Crippen molar-refractivity contribution < 1.29 is 63.6 Å². The van der Waals surface area contributed by atoms with Crippen molar-refractivity contribution in [2.24, 2.45) is 5.92 Å². The lowest BCUT2D eigenvalue weighted by Gasteiger charge is -2.27. The van der Waals surface area contributed by atoms with Gasteiger partial charge in [-0.05, 0) is 24.9 Å². The van der Waals surface area contributed by atoms with Crippen LogP contribution in [0.4, 0.5) is 0 Å². The number of ketones is 1. The van der Waals surface area contributed by atoms with Crippen LogP contribution in [0.15, 0.2) is 0 Å². The molecule has 17 nitrogen and oxygen atoms in total. The van der Waals surface area contributed by atoms with E-state index < -0.39 is 103 Å². The number of hydrogen-bond acceptors (Lipinski definition) is 11. The van der Waals surface area contributed by atoms with Crippen LogP contribution in [0.1, 0.15) is 46.5 Å². The van der Waals surface area contributed by atoms with Crippen molar-refractivity contribution >= 4 is 76.8 Å². The van der Waals surface area contributed by atoms with Crippen molar-refractivity contribution in [1.29, 1.82) is 0 Å². The molecule has 0 unspecified atom stereocenters. The number of amides is 4. The third-order valence-electron chi connectivity index (χ3n) is 5.20. The first-order valence-corrected chi connectivity index (χ1v) is 15.7. The van der Waals surface area contributed by atoms with E-state index in [1.54, 1.807) is 23.5 Å². The van der Waals surface area contributed by atoms with Crippen LogP contribution in [0.3, 0.4) is 0 Å². The number of rotatable bonds is 20. The molecule has 0 aliphatic rings. The van der Waals surface area contributed by atoms with Gasteiger partial charge in [-0.3, -0.25) is 38.4 Å². The van der Waals surface area contributed by atoms with E-state index >= 15 is 0 Å². The SMILES string of the molecule is CC(=O)N[C@@H](CC(=O)O)C(=O)N[C@@H](CCC(=O)O)C(=O)N[C@H](C(=O)N[C@@H](CC(=O)O)C(=O)O)C(C)C.CSCC(=O)CSC. The van der Waals surface area contributed by atoms with Crippen molar-refractivity contribution in [3.8, 4) is 0 Å². The fourth-order valence-electron chi connectivity index (χ4n) is 3.23. The van der Waals surface area contributed by atoms with Gasteiger partial charge in [0.25, 0.3) is 0 Å². The zero-order valence-electron chi connectivity index (χ0n) is 24.9. The maximum absolute atomic E-state index is 12.9. The summed E-state index contributed by atoms with van der Waals surface area (Å²) in [6, 6.07) is -6.38. The normalized spacial score (nSPS) is 13.0. The summed E-state index contributed by atoms with van der Waals surface area (Å²) in [7, 11) is 0. The molecule has 0 aromatic rings. The van der Waals surface area contributed by atoms with Crippen molar-refractivity contribution in [2.45, 2.75) is 70.6 Å². The second-order valence-electron chi connectivity index (χ2n) is 9.48. The summed E-state index contributed by atoms with van der Waals surface area (Å²) in [4.78, 5) is 104. The molecule has 250 valence electrons. The lowest BCUT2D eigenvalue weighted by atomic mass is 10.0. The van der Waals surface area contributed by atoms with Gasteiger partial charge in [-0.15, -0.1) is 0 Å². The van der Waals surface area contributed by atoms with Crippen LogP contribution in [0.25, 0.3) is 0 Å². The Bertz CT molecular complexity index is 1030. The summed E-state index contributed by atoms with van der Waals surface area (Å²) in [5.74, 6) is -8.84. The van der Waals surface area contributed by atoms with Gasteiger partial charge in [0.15, 0.2) is 5.78 Å². The largest absolute Gasteiger partial charge is 0.481 e. The van der Waals surface area contributed by atoms with Gasteiger partial charge < -0.3 is 41.7 Å². The highest BCUT2D eigenvalue weighted by Gasteiger charge is 2.33. The number of aliphatic carboxylic acids is 4. The number of hydrogen-bond donors (Lipinski definition) is 8. The minimum atomic E-state index is -1.80. The van der Waals surface area contributed by atoms with E-state index in [4.69, 9.17) is 20.4 Å². The zero-order chi connectivity index (χ0) is 34.6. The molecule has 0 spiro atoms. The van der Waals surface area contributed by atoms with E-state index in [1.807, 2.05) is 17.8 Å². The summed E-state index contributed by atoms with van der Waals surface area (Å²) < 4.78 is 0. The molecule has 0 rings (SSSR count). The van der Waals surface area contributed by atoms with Gasteiger partial charge in [0.05, 0.1) is 24.3 Å². The monoisotopic (exact) mass is 668 g/mol. The Morgan fingerprint density at radius 1 is 0.614 bits per heavy atom. The molecule has 0 aromatic heterocycles. The molecule has 0 radical (unpaired) electrons. The molecule has 0 saturated heterocycles. The molecule has 8 N–H and O–H groups in total. The Labute approximate surface area is 262 Å². The Hall–Kier alpha value is -3.87. The van der Waals surface area contributed by atoms with E-state index in [1.165, 1.54) is 13.8 Å². The molecule has 0 bridgehead atoms. The third-order valence-corrected chi connectivity index (χ3v) is 6.42. The lowest BCUT2D eigenvalue weighted by Crippen LogP contribution is -2.59. The molecule has 0 saturated carbocycles. The Morgan fingerprint density at radius 3 is 1.45 bits per heavy atom. The summed E-state index contributed by atoms with van der Waals surface area (Å²) in [6.07, 6.45) is 1.02. The second kappa shape index (κ2) is 22.6. The van der Waals surface area contributed by atoms with Crippen LogP contribution in [0, 0.1) is 5.92 Å². The number of carbonyl (C=O) groups is 9. The molecule has 19 heteroatoms. The first-order chi connectivity index (χ1) is 20.4. The van der Waals surface area contributed by atoms with Crippen molar-refractivity contribution in [3.63, 3.8) is 0 Å². The van der Waals surface area contributed by atoms with Gasteiger partial charge in [-0.25, -0.2) is 4.79 Å². The number of Topliss-reactive ketones (excluding diaryl/α,β-unsaturated/α-hetero) is 1. The first-order valence-electron chi connectivity index (χ1n) is 12.9. The number of carbonyl (C=O) groups excluding carboxylic acids is 5. The fourth-order valence-corrected chi connectivity index (χ4v) is 4.20. The fraction of sp³-hybridized carbons (Fsp3) is 0.640. The summed E-state index contributed by atoms with van der Waals surface area (Å²) in [5, 5.41) is 44.4. The quantitative estimate of drug-likeness (QED) is 0.0755. The van der Waals surface area contributed by atoms with Crippen molar-refractivity contribution in [3.05, 3.63) is 0 Å². The zero-order valence-corrected chi connectivity index (χ0v) is 26.5. The number of nitrogens with one attached hydrogen (secondary N) is 4. The Morgan fingerprint density at radius 2 is 1.07 bits per heavy atom. The minimum absolute atomic E-state index is 0.338. The van der Waals surface area contributed by atoms with Crippen LogP contribution >= 0.6 is 23.5 Å². The van der Waals surface area contributed by atoms with E-state index in [2.05, 4.69) is 16.0 Å². The number of carboxylic acids is 4. The summed E-state index contributed by atoms with van der Waals surface area (Å²) in [5.41, 5.74) is 0. The molecular formula is C25H40N4O13S2. The second-order valence-corrected chi connectivity index (χ2v) is 11.2. The highest BCUT2D eigenvalue weighted by atomic mass is 32.2. The van der Waals surface area contributed by atoms with E-state index in [-0.39, 0.29) is 0 Å². The van der Waals surface area contributed by atoms with E-state index in [9.17, 15) is 43.2 Å². The van der Waals surface area contributed by atoms with Gasteiger partial charge in [-0.1, -0.05) is 13.8 Å². The van der Waals surface area contributed by atoms with Crippen LogP contribution in [-0.4, -0.2) is 122 Å². The molecule has 4 amide bonds. The van der Waals surface area contributed by atoms with Crippen LogP contribution in [-0.2, 0) is 43.2 Å². The van der Waals surface area contributed by atoms with Gasteiger partial charge in [-0.2, -0.15) is 23.5 Å². The van der Waals surface area contributed by atoms with Gasteiger partial charge in [0, 0.05) is 13.3 Å². The first kappa shape index (κ1) is 42.3. The van der Waals surface area contributed by atoms with Crippen molar-refractivity contribution in [2.75, 3.05) is 24.0 Å². The molecule has 0 aromatic carbocycles. The molecule has 0 aliphatic heterocycles. The third kappa shape index (κ3) is 20.1.